The van der Waals surface area contributed by atoms with Gasteiger partial charge in [0, 0.05) is 17.3 Å². The van der Waals surface area contributed by atoms with E-state index in [1.807, 2.05) is 18.2 Å². The van der Waals surface area contributed by atoms with E-state index in [1.54, 1.807) is 0 Å². The van der Waals surface area contributed by atoms with Crippen molar-refractivity contribution in [2.75, 3.05) is 10.6 Å². The average molecular weight is 270 g/mol. The lowest BCUT2D eigenvalue weighted by atomic mass is 9.97. The Morgan fingerprint density at radius 3 is 2.55 bits per heavy atom. The molecular weight excluding hydrogens is 252 g/mol. The van der Waals surface area contributed by atoms with E-state index in [0.717, 1.165) is 16.9 Å². The van der Waals surface area contributed by atoms with Gasteiger partial charge in [0.1, 0.15) is 0 Å². The first-order chi connectivity index (χ1) is 9.70. The molecule has 1 aromatic carbocycles. The highest BCUT2D eigenvalue weighted by Gasteiger charge is 2.45. The Bertz CT molecular complexity index is 576. The van der Waals surface area contributed by atoms with Gasteiger partial charge >= 0.3 is 0 Å². The second-order valence-corrected chi connectivity index (χ2v) is 6.29. The fraction of sp³-hybridized carbons (Fsp3) is 0.500. The van der Waals surface area contributed by atoms with Gasteiger partial charge in [-0.3, -0.25) is 9.59 Å². The Morgan fingerprint density at radius 1 is 1.15 bits per heavy atom. The summed E-state index contributed by atoms with van der Waals surface area (Å²) >= 11 is 0. The number of benzene rings is 1. The predicted octanol–water partition coefficient (Wildman–Crippen LogP) is 2.56. The van der Waals surface area contributed by atoms with Gasteiger partial charge in [0.25, 0.3) is 0 Å². The molecule has 2 aliphatic carbocycles. The van der Waals surface area contributed by atoms with Crippen molar-refractivity contribution in [3.63, 3.8) is 0 Å². The predicted molar refractivity (Wildman–Crippen MR) is 76.3 cm³/mol. The molecule has 0 unspecified atom stereocenters. The summed E-state index contributed by atoms with van der Waals surface area (Å²) in [6, 6.07) is 5.69. The largest absolute Gasteiger partial charge is 0.326 e. The quantitative estimate of drug-likeness (QED) is 0.867. The SMILES string of the molecule is O=C1Cc2ccc(NC(=O)C3C4CCC3CC4)cc2N1. The van der Waals surface area contributed by atoms with Crippen LogP contribution in [0.15, 0.2) is 18.2 Å². The number of anilines is 2. The molecule has 1 aliphatic heterocycles. The van der Waals surface area contributed by atoms with Crippen LogP contribution < -0.4 is 10.6 Å². The molecule has 20 heavy (non-hydrogen) atoms. The molecule has 104 valence electrons. The van der Waals surface area contributed by atoms with Crippen molar-refractivity contribution in [2.24, 2.45) is 17.8 Å². The molecule has 4 rings (SSSR count). The van der Waals surface area contributed by atoms with Crippen molar-refractivity contribution >= 4 is 23.2 Å². The fourth-order valence-corrected chi connectivity index (χ4v) is 4.19. The molecular formula is C16H18N2O2. The summed E-state index contributed by atoms with van der Waals surface area (Å²) < 4.78 is 0. The summed E-state index contributed by atoms with van der Waals surface area (Å²) in [4.78, 5) is 23.8. The first-order valence-electron chi connectivity index (χ1n) is 7.44. The van der Waals surface area contributed by atoms with Crippen LogP contribution in [0.5, 0.6) is 0 Å². The Morgan fingerprint density at radius 2 is 1.85 bits per heavy atom. The molecule has 2 N–H and O–H groups in total. The van der Waals surface area contributed by atoms with Gasteiger partial charge in [0.05, 0.1) is 6.42 Å². The van der Waals surface area contributed by atoms with Crippen LogP contribution in [0.25, 0.3) is 0 Å². The molecule has 2 saturated carbocycles. The maximum Gasteiger partial charge on any atom is 0.228 e. The average Bonchev–Trinajstić information content (AvgIpc) is 3.10. The van der Waals surface area contributed by atoms with Gasteiger partial charge in [-0.05, 0) is 55.2 Å². The number of hydrogen-bond donors (Lipinski definition) is 2. The van der Waals surface area contributed by atoms with E-state index in [-0.39, 0.29) is 17.7 Å². The minimum Gasteiger partial charge on any atom is -0.326 e. The number of amides is 2. The minimum atomic E-state index is 0.0253. The van der Waals surface area contributed by atoms with Crippen molar-refractivity contribution in [2.45, 2.75) is 32.1 Å². The van der Waals surface area contributed by atoms with Crippen LogP contribution in [0.1, 0.15) is 31.2 Å². The lowest BCUT2D eigenvalue weighted by Crippen LogP contribution is -2.26. The smallest absolute Gasteiger partial charge is 0.228 e. The van der Waals surface area contributed by atoms with E-state index in [1.165, 1.54) is 25.7 Å². The Kier molecular flexibility index (Phi) is 2.59. The van der Waals surface area contributed by atoms with E-state index in [9.17, 15) is 9.59 Å². The first kappa shape index (κ1) is 11.9. The normalized spacial score (nSPS) is 30.2. The molecule has 4 heteroatoms. The van der Waals surface area contributed by atoms with Crippen LogP contribution in [0.4, 0.5) is 11.4 Å². The zero-order chi connectivity index (χ0) is 13.7. The van der Waals surface area contributed by atoms with Crippen LogP contribution in [0.3, 0.4) is 0 Å². The lowest BCUT2D eigenvalue weighted by Gasteiger charge is -2.15. The molecule has 2 bridgehead atoms. The summed E-state index contributed by atoms with van der Waals surface area (Å²) in [6.07, 6.45) is 5.29. The van der Waals surface area contributed by atoms with Gasteiger partial charge in [0.15, 0.2) is 0 Å². The number of nitrogens with one attached hydrogen (secondary N) is 2. The summed E-state index contributed by atoms with van der Waals surface area (Å²) in [5.74, 6) is 1.58. The van der Waals surface area contributed by atoms with Crippen molar-refractivity contribution in [1.29, 1.82) is 0 Å². The van der Waals surface area contributed by atoms with Crippen LogP contribution >= 0.6 is 0 Å². The van der Waals surface area contributed by atoms with Gasteiger partial charge in [-0.15, -0.1) is 0 Å². The molecule has 1 aromatic rings. The zero-order valence-corrected chi connectivity index (χ0v) is 11.3. The minimum absolute atomic E-state index is 0.0253. The topological polar surface area (TPSA) is 58.2 Å². The Hall–Kier alpha value is -1.84. The number of carbonyl (C=O) groups excluding carboxylic acids is 2. The highest BCUT2D eigenvalue weighted by atomic mass is 16.2. The van der Waals surface area contributed by atoms with E-state index in [0.29, 0.717) is 18.3 Å². The molecule has 2 fully saturated rings. The summed E-state index contributed by atoms with van der Waals surface area (Å²) in [6.45, 7) is 0. The maximum atomic E-state index is 12.4. The monoisotopic (exact) mass is 270 g/mol. The Balaban J connectivity index is 1.51. The van der Waals surface area contributed by atoms with Crippen LogP contribution in [-0.2, 0) is 16.0 Å². The highest BCUT2D eigenvalue weighted by molar-refractivity contribution is 6.01. The molecule has 2 amide bonds. The molecule has 0 radical (unpaired) electrons. The molecule has 3 aliphatic rings. The zero-order valence-electron chi connectivity index (χ0n) is 11.3. The van der Waals surface area contributed by atoms with E-state index < -0.39 is 0 Å². The molecule has 0 spiro atoms. The maximum absolute atomic E-state index is 12.4. The van der Waals surface area contributed by atoms with E-state index in [4.69, 9.17) is 0 Å². The number of fused-ring (bicyclic) bond motifs is 3. The number of hydrogen-bond acceptors (Lipinski definition) is 2. The third-order valence-electron chi connectivity index (χ3n) is 5.14. The molecule has 0 atom stereocenters. The van der Waals surface area contributed by atoms with Crippen molar-refractivity contribution in [3.05, 3.63) is 23.8 Å². The summed E-state index contributed by atoms with van der Waals surface area (Å²) in [5, 5.41) is 5.86. The van der Waals surface area contributed by atoms with Gasteiger partial charge in [-0.2, -0.15) is 0 Å². The molecule has 1 heterocycles. The van der Waals surface area contributed by atoms with E-state index >= 15 is 0 Å². The number of rotatable bonds is 2. The van der Waals surface area contributed by atoms with Crippen molar-refractivity contribution < 1.29 is 9.59 Å². The lowest BCUT2D eigenvalue weighted by molar-refractivity contribution is -0.121. The second kappa shape index (κ2) is 4.33. The first-order valence-corrected chi connectivity index (χ1v) is 7.44. The Labute approximate surface area is 117 Å². The van der Waals surface area contributed by atoms with Crippen LogP contribution in [0, 0.1) is 17.8 Å². The van der Waals surface area contributed by atoms with Gasteiger partial charge in [-0.1, -0.05) is 6.07 Å². The van der Waals surface area contributed by atoms with E-state index in [2.05, 4.69) is 10.6 Å². The van der Waals surface area contributed by atoms with Gasteiger partial charge in [-0.25, -0.2) is 0 Å². The van der Waals surface area contributed by atoms with Gasteiger partial charge < -0.3 is 10.6 Å². The standard InChI is InChI=1S/C16H18N2O2/c19-14-7-11-5-6-12(8-13(11)18-14)17-16(20)15-9-1-2-10(15)4-3-9/h5-6,8-10,15H,1-4,7H2,(H,17,20)(H,18,19). The second-order valence-electron chi connectivity index (χ2n) is 6.29. The number of carbonyl (C=O) groups is 2. The fourth-order valence-electron chi connectivity index (χ4n) is 4.19. The molecule has 0 saturated heterocycles. The van der Waals surface area contributed by atoms with Gasteiger partial charge in [0.2, 0.25) is 11.8 Å². The summed E-state index contributed by atoms with van der Waals surface area (Å²) in [7, 11) is 0. The van der Waals surface area contributed by atoms with Crippen molar-refractivity contribution in [3.8, 4) is 0 Å². The highest BCUT2D eigenvalue weighted by Crippen LogP contribution is 2.49. The van der Waals surface area contributed by atoms with Crippen LogP contribution in [-0.4, -0.2) is 11.8 Å². The molecule has 0 aromatic heterocycles. The van der Waals surface area contributed by atoms with Crippen LogP contribution in [0.2, 0.25) is 0 Å². The molecule has 4 nitrogen and oxygen atoms in total. The third-order valence-corrected chi connectivity index (χ3v) is 5.14. The third kappa shape index (κ3) is 1.82. The summed E-state index contributed by atoms with van der Waals surface area (Å²) in [5.41, 5.74) is 2.64. The van der Waals surface area contributed by atoms with Crippen molar-refractivity contribution in [1.82, 2.24) is 0 Å².